The van der Waals surface area contributed by atoms with Crippen LogP contribution in [0.25, 0.3) is 0 Å². The molecule has 0 saturated carbocycles. The maximum Gasteiger partial charge on any atom is 0.325 e. The van der Waals surface area contributed by atoms with Gasteiger partial charge >= 0.3 is 5.97 Å². The molecule has 2 aromatic carbocycles. The van der Waals surface area contributed by atoms with Crippen LogP contribution in [0.15, 0.2) is 54.6 Å². The van der Waals surface area contributed by atoms with Crippen molar-refractivity contribution in [1.29, 1.82) is 0 Å². The summed E-state index contributed by atoms with van der Waals surface area (Å²) in [7, 11) is 0. The lowest BCUT2D eigenvalue weighted by atomic mass is 10.2. The van der Waals surface area contributed by atoms with Crippen LogP contribution in [0.3, 0.4) is 0 Å². The Balaban J connectivity index is 1.51. The zero-order valence-corrected chi connectivity index (χ0v) is 15.1. The van der Waals surface area contributed by atoms with E-state index in [1.165, 1.54) is 12.1 Å². The summed E-state index contributed by atoms with van der Waals surface area (Å²) >= 11 is 0. The number of carbonyl (C=O) groups excluding carboxylic acids is 2. The van der Waals surface area contributed by atoms with Crippen molar-refractivity contribution in [3.05, 3.63) is 71.8 Å². The summed E-state index contributed by atoms with van der Waals surface area (Å²) in [6, 6.07) is 14.1. The smallest absolute Gasteiger partial charge is 0.325 e. The highest BCUT2D eigenvalue weighted by atomic mass is 19.1. The fourth-order valence-corrected chi connectivity index (χ4v) is 2.26. The van der Waals surface area contributed by atoms with Gasteiger partial charge in [0.15, 0.2) is 12.4 Å². The molecule has 3 aromatic rings. The highest BCUT2D eigenvalue weighted by Crippen LogP contribution is 2.13. The van der Waals surface area contributed by atoms with E-state index in [0.29, 0.717) is 0 Å². The van der Waals surface area contributed by atoms with E-state index in [1.54, 1.807) is 0 Å². The largest absolute Gasteiger partial charge is 0.456 e. The lowest BCUT2D eigenvalue weighted by molar-refractivity contribution is -0.143. The summed E-state index contributed by atoms with van der Waals surface area (Å²) in [5.74, 6) is -1.36. The third-order valence-electron chi connectivity index (χ3n) is 3.59. The van der Waals surface area contributed by atoms with E-state index < -0.39 is 17.7 Å². The molecule has 148 valence electrons. The van der Waals surface area contributed by atoms with Crippen LogP contribution in [0, 0.1) is 5.82 Å². The Labute approximate surface area is 165 Å². The van der Waals surface area contributed by atoms with Crippen molar-refractivity contribution in [2.45, 2.75) is 6.61 Å². The average molecular weight is 396 g/mol. The van der Waals surface area contributed by atoms with E-state index in [2.05, 4.69) is 25.6 Å². The summed E-state index contributed by atoms with van der Waals surface area (Å²) in [4.78, 5) is 35.8. The molecule has 0 unspecified atom stereocenters. The number of ether oxygens (including phenoxy) is 1. The molecule has 3 rings (SSSR count). The van der Waals surface area contributed by atoms with Crippen LogP contribution in [-0.4, -0.2) is 33.4 Å². The van der Waals surface area contributed by atoms with Crippen LogP contribution in [0.4, 0.5) is 22.0 Å². The quantitative estimate of drug-likeness (QED) is 0.515. The average Bonchev–Trinajstić information content (AvgIpc) is 2.71. The van der Waals surface area contributed by atoms with Gasteiger partial charge in [0.2, 0.25) is 11.9 Å². The molecule has 10 heteroatoms. The minimum absolute atomic E-state index is 0.0332. The Hall–Kier alpha value is -4.08. The van der Waals surface area contributed by atoms with Gasteiger partial charge in [-0.1, -0.05) is 18.2 Å². The molecule has 0 radical (unpaired) electrons. The van der Waals surface area contributed by atoms with Crippen LogP contribution in [-0.2, 0) is 16.1 Å². The number of hydrogen-bond donors (Lipinski definition) is 3. The first-order valence-corrected chi connectivity index (χ1v) is 8.51. The van der Waals surface area contributed by atoms with Crippen LogP contribution in [0.1, 0.15) is 16.2 Å². The molecule has 29 heavy (non-hydrogen) atoms. The van der Waals surface area contributed by atoms with Crippen molar-refractivity contribution >= 4 is 29.5 Å². The maximum absolute atomic E-state index is 12.9. The number of nitrogen functional groups attached to an aromatic ring is 1. The highest BCUT2D eigenvalue weighted by Gasteiger charge is 2.11. The molecule has 0 aliphatic rings. The molecule has 0 bridgehead atoms. The van der Waals surface area contributed by atoms with E-state index in [0.717, 1.165) is 17.8 Å². The van der Waals surface area contributed by atoms with Crippen LogP contribution in [0.2, 0.25) is 0 Å². The number of anilines is 3. The van der Waals surface area contributed by atoms with Crippen molar-refractivity contribution in [2.24, 2.45) is 0 Å². The molecule has 0 spiro atoms. The number of para-hydroxylation sites is 1. The molecule has 0 aliphatic carbocycles. The second-order valence-corrected chi connectivity index (χ2v) is 5.77. The topological polar surface area (TPSA) is 132 Å². The van der Waals surface area contributed by atoms with E-state index in [4.69, 9.17) is 10.5 Å². The number of nitrogens with zero attached hydrogens (tertiary/aromatic N) is 3. The molecule has 1 amide bonds. The van der Waals surface area contributed by atoms with E-state index in [-0.39, 0.29) is 36.4 Å². The zero-order chi connectivity index (χ0) is 20.6. The summed E-state index contributed by atoms with van der Waals surface area (Å²) < 4.78 is 17.9. The molecular weight excluding hydrogens is 379 g/mol. The normalized spacial score (nSPS) is 10.2. The van der Waals surface area contributed by atoms with Gasteiger partial charge in [-0.3, -0.25) is 9.59 Å². The maximum atomic E-state index is 12.9. The van der Waals surface area contributed by atoms with E-state index in [1.807, 2.05) is 30.3 Å². The zero-order valence-electron chi connectivity index (χ0n) is 15.1. The number of rotatable bonds is 7. The SMILES string of the molecule is Nc1nc(COC(=O)CNC(=O)c2ccc(F)cc2)nc(Nc2ccccc2)n1. The third-order valence-corrected chi connectivity index (χ3v) is 3.59. The first-order valence-electron chi connectivity index (χ1n) is 8.51. The van der Waals surface area contributed by atoms with Gasteiger partial charge in [0.25, 0.3) is 5.91 Å². The van der Waals surface area contributed by atoms with Crippen molar-refractivity contribution in [2.75, 3.05) is 17.6 Å². The van der Waals surface area contributed by atoms with Gasteiger partial charge in [-0.05, 0) is 36.4 Å². The summed E-state index contributed by atoms with van der Waals surface area (Å²) in [5, 5.41) is 5.35. The number of carbonyl (C=O) groups is 2. The minimum atomic E-state index is -0.697. The molecule has 0 fully saturated rings. The Bertz CT molecular complexity index is 999. The van der Waals surface area contributed by atoms with Gasteiger partial charge in [0.05, 0.1) is 0 Å². The highest BCUT2D eigenvalue weighted by molar-refractivity contribution is 5.95. The fourth-order valence-electron chi connectivity index (χ4n) is 2.26. The van der Waals surface area contributed by atoms with Gasteiger partial charge in [-0.15, -0.1) is 0 Å². The first kappa shape index (κ1) is 19.7. The van der Waals surface area contributed by atoms with E-state index >= 15 is 0 Å². The lowest BCUT2D eigenvalue weighted by Gasteiger charge is -2.08. The van der Waals surface area contributed by atoms with Crippen LogP contribution in [0.5, 0.6) is 0 Å². The van der Waals surface area contributed by atoms with Gasteiger partial charge in [0, 0.05) is 11.3 Å². The minimum Gasteiger partial charge on any atom is -0.456 e. The number of benzene rings is 2. The number of aromatic nitrogens is 3. The van der Waals surface area contributed by atoms with Crippen molar-refractivity contribution in [3.8, 4) is 0 Å². The number of halogens is 1. The summed E-state index contributed by atoms with van der Waals surface area (Å²) in [5.41, 5.74) is 6.64. The Morgan fingerprint density at radius 1 is 1.00 bits per heavy atom. The molecule has 9 nitrogen and oxygen atoms in total. The monoisotopic (exact) mass is 396 g/mol. The predicted octanol–water partition coefficient (Wildman–Crippen LogP) is 1.81. The van der Waals surface area contributed by atoms with Crippen molar-refractivity contribution in [1.82, 2.24) is 20.3 Å². The number of amides is 1. The fraction of sp³-hybridized carbons (Fsp3) is 0.105. The van der Waals surface area contributed by atoms with Crippen LogP contribution >= 0.6 is 0 Å². The predicted molar refractivity (Wildman–Crippen MR) is 102 cm³/mol. The summed E-state index contributed by atoms with van der Waals surface area (Å²) in [6.07, 6.45) is 0. The first-order chi connectivity index (χ1) is 14.0. The molecule has 1 aromatic heterocycles. The van der Waals surface area contributed by atoms with E-state index in [9.17, 15) is 14.0 Å². The Morgan fingerprint density at radius 3 is 2.45 bits per heavy atom. The number of nitrogens with two attached hydrogens (primary N) is 1. The number of esters is 1. The van der Waals surface area contributed by atoms with Gasteiger partial charge in [-0.2, -0.15) is 15.0 Å². The molecule has 0 saturated heterocycles. The Kier molecular flexibility index (Phi) is 6.25. The second kappa shape index (κ2) is 9.22. The Morgan fingerprint density at radius 2 is 1.72 bits per heavy atom. The van der Waals surface area contributed by atoms with Gasteiger partial charge in [-0.25, -0.2) is 4.39 Å². The standard InChI is InChI=1S/C19H17FN6O3/c20-13-8-6-12(7-9-13)17(28)22-10-16(27)29-11-15-24-18(21)26-19(25-15)23-14-4-2-1-3-5-14/h1-9H,10-11H2,(H,22,28)(H3,21,23,24,25,26). The number of nitrogens with one attached hydrogen (secondary N) is 2. The lowest BCUT2D eigenvalue weighted by Crippen LogP contribution is -2.30. The summed E-state index contributed by atoms with van der Waals surface area (Å²) in [6.45, 7) is -0.618. The van der Waals surface area contributed by atoms with Crippen molar-refractivity contribution < 1.29 is 18.7 Å². The number of hydrogen-bond acceptors (Lipinski definition) is 8. The molecule has 0 aliphatic heterocycles. The second-order valence-electron chi connectivity index (χ2n) is 5.77. The molecular formula is C19H17FN6O3. The van der Waals surface area contributed by atoms with Crippen molar-refractivity contribution in [3.63, 3.8) is 0 Å². The molecule has 1 heterocycles. The molecule has 0 atom stereocenters. The third kappa shape index (κ3) is 5.96. The van der Waals surface area contributed by atoms with Gasteiger partial charge in [0.1, 0.15) is 12.4 Å². The van der Waals surface area contributed by atoms with Crippen LogP contribution < -0.4 is 16.4 Å². The molecule has 4 N–H and O–H groups in total. The van der Waals surface area contributed by atoms with Gasteiger partial charge < -0.3 is 21.1 Å².